The molecule has 278 valence electrons. The Hall–Kier alpha value is -5.85. The molecule has 3 amide bonds. The lowest BCUT2D eigenvalue weighted by molar-refractivity contribution is -0.144. The molecule has 1 saturated heterocycles. The molecule has 0 saturated carbocycles. The van der Waals surface area contributed by atoms with Crippen LogP contribution in [0.4, 0.5) is 4.79 Å². The molecule has 4 aromatic rings. The van der Waals surface area contributed by atoms with E-state index in [2.05, 4.69) is 10.6 Å². The highest BCUT2D eigenvalue weighted by Crippen LogP contribution is 2.35. The fourth-order valence-electron chi connectivity index (χ4n) is 6.56. The van der Waals surface area contributed by atoms with Crippen molar-refractivity contribution >= 4 is 34.8 Å². The zero-order chi connectivity index (χ0) is 37.7. The number of fused-ring (bicyclic) bond motifs is 4. The Kier molecular flexibility index (Phi) is 11.0. The van der Waals surface area contributed by atoms with Crippen LogP contribution in [0.1, 0.15) is 45.6 Å². The molecule has 0 aliphatic carbocycles. The normalized spacial score (nSPS) is 20.9. The van der Waals surface area contributed by atoms with Gasteiger partial charge >= 0.3 is 12.1 Å². The molecule has 53 heavy (non-hydrogen) atoms. The Morgan fingerprint density at radius 3 is 2.55 bits per heavy atom. The second-order valence-corrected chi connectivity index (χ2v) is 14.2. The predicted molar refractivity (Wildman–Crippen MR) is 196 cm³/mol. The van der Waals surface area contributed by atoms with Crippen molar-refractivity contribution in [3.05, 3.63) is 84.4 Å². The van der Waals surface area contributed by atoms with Crippen molar-refractivity contribution in [3.8, 4) is 28.5 Å². The zero-order valence-electron chi connectivity index (χ0n) is 30.2. The first-order chi connectivity index (χ1) is 25.4. The van der Waals surface area contributed by atoms with Crippen LogP contribution in [-0.2, 0) is 25.5 Å². The number of aromatic nitrogens is 1. The first-order valence-corrected chi connectivity index (χ1v) is 17.6. The van der Waals surface area contributed by atoms with Crippen molar-refractivity contribution in [1.29, 1.82) is 0 Å². The van der Waals surface area contributed by atoms with Crippen LogP contribution < -0.4 is 24.8 Å². The van der Waals surface area contributed by atoms with Crippen LogP contribution >= 0.6 is 0 Å². The lowest BCUT2D eigenvalue weighted by Gasteiger charge is -2.30. The van der Waals surface area contributed by atoms with Crippen molar-refractivity contribution in [2.75, 3.05) is 20.3 Å². The topological polar surface area (TPSA) is 166 Å². The average Bonchev–Trinajstić information content (AvgIpc) is 3.55. The van der Waals surface area contributed by atoms with Crippen LogP contribution in [0.25, 0.3) is 22.2 Å². The van der Waals surface area contributed by atoms with Gasteiger partial charge in [-0.05, 0) is 63.4 Å². The number of carboxylic acids is 1. The third kappa shape index (κ3) is 9.15. The molecule has 1 aromatic heterocycles. The number of benzene rings is 3. The highest BCUT2D eigenvalue weighted by Gasteiger charge is 2.44. The molecule has 13 heteroatoms. The molecular formula is C40H44N4O9. The highest BCUT2D eigenvalue weighted by molar-refractivity contribution is 5.94. The number of methoxy groups -OCH3 is 1. The maximum absolute atomic E-state index is 14.6. The fraction of sp³-hybridized carbons (Fsp3) is 0.375. The molecule has 2 aliphatic heterocycles. The van der Waals surface area contributed by atoms with E-state index >= 15 is 0 Å². The largest absolute Gasteiger partial charge is 0.497 e. The molecule has 3 heterocycles. The van der Waals surface area contributed by atoms with Crippen LogP contribution in [0.5, 0.6) is 17.2 Å². The number of alkyl carbamates (subject to hydrolysis) is 1. The van der Waals surface area contributed by atoms with E-state index in [1.807, 2.05) is 54.6 Å². The Bertz CT molecular complexity index is 1980. The number of pyridine rings is 1. The summed E-state index contributed by atoms with van der Waals surface area (Å²) in [5.74, 6) is -0.765. The number of ether oxygens (including phenoxy) is 4. The average molecular weight is 725 g/mol. The molecular weight excluding hydrogens is 680 g/mol. The Balaban J connectivity index is 1.37. The SMILES string of the molecule is COc1ccc2c(O[C@@H]3C[C@H]4C(=O)NC(C(=O)O)CCCOc5cccc(c5)C[C@H](NC(=O)OC(C)(C)C)C(=O)N4C3)cc(-c3ccccc3)nc2c1. The van der Waals surface area contributed by atoms with E-state index < -0.39 is 53.7 Å². The summed E-state index contributed by atoms with van der Waals surface area (Å²) in [4.78, 5) is 60.2. The molecule has 6 rings (SSSR count). The number of rotatable bonds is 6. The molecule has 13 nitrogen and oxygen atoms in total. The molecule has 0 radical (unpaired) electrons. The van der Waals surface area contributed by atoms with Crippen molar-refractivity contribution in [2.24, 2.45) is 0 Å². The number of nitrogens with zero attached hydrogens (tertiary/aromatic N) is 2. The van der Waals surface area contributed by atoms with E-state index in [9.17, 15) is 24.3 Å². The van der Waals surface area contributed by atoms with Crippen molar-refractivity contribution < 1.29 is 43.2 Å². The minimum atomic E-state index is -1.22. The maximum atomic E-state index is 14.6. The van der Waals surface area contributed by atoms with E-state index in [1.54, 1.807) is 52.1 Å². The molecule has 1 unspecified atom stereocenters. The summed E-state index contributed by atoms with van der Waals surface area (Å²) < 4.78 is 23.5. The predicted octanol–water partition coefficient (Wildman–Crippen LogP) is 5.14. The van der Waals surface area contributed by atoms with Gasteiger partial charge in [-0.3, -0.25) is 9.59 Å². The van der Waals surface area contributed by atoms with Gasteiger partial charge in [0.25, 0.3) is 0 Å². The third-order valence-electron chi connectivity index (χ3n) is 9.04. The molecule has 4 atom stereocenters. The van der Waals surface area contributed by atoms with E-state index in [0.29, 0.717) is 45.8 Å². The summed E-state index contributed by atoms with van der Waals surface area (Å²) >= 11 is 0. The van der Waals surface area contributed by atoms with Crippen LogP contribution in [0.2, 0.25) is 0 Å². The number of amides is 3. The zero-order valence-corrected chi connectivity index (χ0v) is 30.2. The second-order valence-electron chi connectivity index (χ2n) is 14.2. The fourth-order valence-corrected chi connectivity index (χ4v) is 6.56. The van der Waals surface area contributed by atoms with Crippen molar-refractivity contribution in [2.45, 2.75) is 76.3 Å². The number of nitrogens with one attached hydrogen (secondary N) is 2. The summed E-state index contributed by atoms with van der Waals surface area (Å²) in [6, 6.07) is 20.5. The Morgan fingerprint density at radius 2 is 1.81 bits per heavy atom. The molecule has 0 spiro atoms. The quantitative estimate of drug-likeness (QED) is 0.243. The van der Waals surface area contributed by atoms with Crippen molar-refractivity contribution in [1.82, 2.24) is 20.5 Å². The Morgan fingerprint density at radius 1 is 1.02 bits per heavy atom. The van der Waals surface area contributed by atoms with Crippen LogP contribution in [-0.4, -0.2) is 89.0 Å². The first-order valence-electron chi connectivity index (χ1n) is 17.6. The smallest absolute Gasteiger partial charge is 0.408 e. The Labute approximate surface area is 307 Å². The standard InChI is InChI=1S/C40H44N4O9/c1-40(2,3)53-39(49)43-33-19-24-10-8-13-27(18-24)51-17-9-14-30(38(47)48)42-36(45)34-21-28(23-44(34)37(33)46)52-35-22-31(25-11-6-5-7-12-25)41-32-20-26(50-4)15-16-29(32)35/h5-8,10-13,15-16,18,20,22,28,30,33-34H,9,14,17,19,21,23H2,1-4H3,(H,42,45)(H,43,49)(H,47,48)/t28-,30?,33+,34+/m1/s1. The van der Waals surface area contributed by atoms with Gasteiger partial charge in [0.2, 0.25) is 11.8 Å². The lowest BCUT2D eigenvalue weighted by Crippen LogP contribution is -2.56. The molecule has 3 N–H and O–H groups in total. The number of aliphatic carboxylic acids is 1. The minimum absolute atomic E-state index is 0.0229. The monoisotopic (exact) mass is 724 g/mol. The van der Waals surface area contributed by atoms with Gasteiger partial charge in [0.15, 0.2) is 0 Å². The number of carbonyl (C=O) groups is 4. The number of hydrogen-bond donors (Lipinski definition) is 3. The highest BCUT2D eigenvalue weighted by atomic mass is 16.6. The van der Waals surface area contributed by atoms with E-state index in [0.717, 1.165) is 5.56 Å². The molecule has 2 bridgehead atoms. The van der Waals surface area contributed by atoms with Gasteiger partial charge < -0.3 is 39.6 Å². The summed E-state index contributed by atoms with van der Waals surface area (Å²) in [6.45, 7) is 5.34. The summed E-state index contributed by atoms with van der Waals surface area (Å²) in [5, 5.41) is 16.1. The maximum Gasteiger partial charge on any atom is 0.408 e. The van der Waals surface area contributed by atoms with E-state index in [4.69, 9.17) is 23.9 Å². The van der Waals surface area contributed by atoms with E-state index in [-0.39, 0.29) is 32.4 Å². The summed E-state index contributed by atoms with van der Waals surface area (Å²) in [5.41, 5.74) is 2.01. The molecule has 3 aromatic carbocycles. The number of carboxylic acid groups (broad SMARTS) is 1. The van der Waals surface area contributed by atoms with E-state index in [1.165, 1.54) is 4.90 Å². The van der Waals surface area contributed by atoms with Crippen LogP contribution in [0, 0.1) is 0 Å². The van der Waals surface area contributed by atoms with Gasteiger partial charge in [-0.15, -0.1) is 0 Å². The van der Waals surface area contributed by atoms with Gasteiger partial charge in [0, 0.05) is 35.9 Å². The summed E-state index contributed by atoms with van der Waals surface area (Å²) in [7, 11) is 1.57. The van der Waals surface area contributed by atoms with Crippen LogP contribution in [0.3, 0.4) is 0 Å². The van der Waals surface area contributed by atoms with Gasteiger partial charge in [-0.2, -0.15) is 0 Å². The minimum Gasteiger partial charge on any atom is -0.497 e. The van der Waals surface area contributed by atoms with Gasteiger partial charge in [-0.1, -0.05) is 42.5 Å². The molecule has 1 fully saturated rings. The van der Waals surface area contributed by atoms with Gasteiger partial charge in [0.1, 0.15) is 47.1 Å². The second kappa shape index (κ2) is 15.8. The summed E-state index contributed by atoms with van der Waals surface area (Å²) in [6.07, 6.45) is -0.895. The van der Waals surface area contributed by atoms with Crippen molar-refractivity contribution in [3.63, 3.8) is 0 Å². The first kappa shape index (κ1) is 36.9. The number of hydrogen-bond acceptors (Lipinski definition) is 9. The molecule has 2 aliphatic rings. The number of carbonyl (C=O) groups excluding carboxylic acids is 3. The van der Waals surface area contributed by atoms with Crippen LogP contribution in [0.15, 0.2) is 78.9 Å². The van der Waals surface area contributed by atoms with Gasteiger partial charge in [-0.25, -0.2) is 14.6 Å². The van der Waals surface area contributed by atoms with Gasteiger partial charge in [0.05, 0.1) is 31.5 Å². The lowest BCUT2D eigenvalue weighted by atomic mass is 10.0. The third-order valence-corrected chi connectivity index (χ3v) is 9.04.